The standard InChI is InChI=1S/C13H24N2O3/c1-3-5-11(12(16)17)14-13(18)15-8-4-6-10(2)7-9-15/h10-11H,3-9H2,1-2H3,(H,14,18)(H,16,17)/t10?,11-/m0/s1. The second kappa shape index (κ2) is 7.24. The molecular formula is C13H24N2O3. The van der Waals surface area contributed by atoms with Gasteiger partial charge in [0, 0.05) is 13.1 Å². The quantitative estimate of drug-likeness (QED) is 0.809. The first kappa shape index (κ1) is 14.8. The molecule has 0 bridgehead atoms. The van der Waals surface area contributed by atoms with E-state index >= 15 is 0 Å². The maximum Gasteiger partial charge on any atom is 0.326 e. The van der Waals surface area contributed by atoms with Crippen molar-refractivity contribution in [2.75, 3.05) is 13.1 Å². The molecule has 2 N–H and O–H groups in total. The van der Waals surface area contributed by atoms with Crippen molar-refractivity contribution < 1.29 is 14.7 Å². The van der Waals surface area contributed by atoms with Crippen molar-refractivity contribution in [2.45, 2.75) is 52.0 Å². The monoisotopic (exact) mass is 256 g/mol. The summed E-state index contributed by atoms with van der Waals surface area (Å²) < 4.78 is 0. The Morgan fingerprint density at radius 3 is 2.72 bits per heavy atom. The van der Waals surface area contributed by atoms with Gasteiger partial charge in [-0.1, -0.05) is 20.3 Å². The Bertz CT molecular complexity index is 294. The van der Waals surface area contributed by atoms with Crippen LogP contribution in [-0.2, 0) is 4.79 Å². The Hall–Kier alpha value is -1.26. The average Bonchev–Trinajstić information content (AvgIpc) is 2.53. The number of carboxylic acid groups (broad SMARTS) is 1. The summed E-state index contributed by atoms with van der Waals surface area (Å²) in [7, 11) is 0. The van der Waals surface area contributed by atoms with Gasteiger partial charge in [0.25, 0.3) is 0 Å². The zero-order valence-electron chi connectivity index (χ0n) is 11.3. The van der Waals surface area contributed by atoms with Crippen molar-refractivity contribution in [3.8, 4) is 0 Å². The minimum absolute atomic E-state index is 0.232. The van der Waals surface area contributed by atoms with Crippen molar-refractivity contribution in [2.24, 2.45) is 5.92 Å². The van der Waals surface area contributed by atoms with Gasteiger partial charge in [-0.05, 0) is 31.6 Å². The molecule has 5 heteroatoms. The van der Waals surface area contributed by atoms with Gasteiger partial charge in [0.15, 0.2) is 0 Å². The Balaban J connectivity index is 2.49. The first-order chi connectivity index (χ1) is 8.54. The fraction of sp³-hybridized carbons (Fsp3) is 0.846. The number of carbonyl (C=O) groups excluding carboxylic acids is 1. The normalized spacial score (nSPS) is 22.1. The van der Waals surface area contributed by atoms with Crippen LogP contribution < -0.4 is 5.32 Å². The van der Waals surface area contributed by atoms with Crippen LogP contribution in [0.25, 0.3) is 0 Å². The third-order valence-electron chi connectivity index (χ3n) is 3.48. The van der Waals surface area contributed by atoms with Gasteiger partial charge in [-0.3, -0.25) is 0 Å². The molecule has 5 nitrogen and oxygen atoms in total. The van der Waals surface area contributed by atoms with Crippen molar-refractivity contribution >= 4 is 12.0 Å². The van der Waals surface area contributed by atoms with Crippen molar-refractivity contribution in [1.29, 1.82) is 0 Å². The van der Waals surface area contributed by atoms with Gasteiger partial charge in [0.05, 0.1) is 0 Å². The van der Waals surface area contributed by atoms with E-state index < -0.39 is 12.0 Å². The number of aliphatic carboxylic acids is 1. The number of nitrogens with one attached hydrogen (secondary N) is 1. The minimum Gasteiger partial charge on any atom is -0.480 e. The number of rotatable bonds is 4. The van der Waals surface area contributed by atoms with E-state index in [4.69, 9.17) is 5.11 Å². The summed E-state index contributed by atoms with van der Waals surface area (Å²) in [6, 6.07) is -0.992. The summed E-state index contributed by atoms with van der Waals surface area (Å²) in [5.41, 5.74) is 0. The van der Waals surface area contributed by atoms with Crippen LogP contribution in [0.3, 0.4) is 0 Å². The number of urea groups is 1. The van der Waals surface area contributed by atoms with Crippen LogP contribution in [0.2, 0.25) is 0 Å². The van der Waals surface area contributed by atoms with Crippen molar-refractivity contribution in [3.05, 3.63) is 0 Å². The SMILES string of the molecule is CCC[C@H](NC(=O)N1CCCC(C)CC1)C(=O)O. The molecule has 104 valence electrons. The van der Waals surface area contributed by atoms with Gasteiger partial charge in [0.2, 0.25) is 0 Å². The lowest BCUT2D eigenvalue weighted by atomic mass is 10.0. The van der Waals surface area contributed by atoms with Gasteiger partial charge in [-0.2, -0.15) is 0 Å². The molecule has 2 atom stereocenters. The third-order valence-corrected chi connectivity index (χ3v) is 3.48. The summed E-state index contributed by atoms with van der Waals surface area (Å²) in [5.74, 6) is -0.304. The van der Waals surface area contributed by atoms with E-state index in [1.807, 2.05) is 6.92 Å². The lowest BCUT2D eigenvalue weighted by Gasteiger charge is -2.23. The highest BCUT2D eigenvalue weighted by atomic mass is 16.4. The molecule has 0 radical (unpaired) electrons. The number of carboxylic acids is 1. The summed E-state index contributed by atoms with van der Waals surface area (Å²) in [6.07, 6.45) is 4.36. The van der Waals surface area contributed by atoms with Gasteiger partial charge in [-0.25, -0.2) is 9.59 Å². The highest BCUT2D eigenvalue weighted by Gasteiger charge is 2.23. The van der Waals surface area contributed by atoms with E-state index in [0.29, 0.717) is 12.3 Å². The maximum atomic E-state index is 12.0. The third kappa shape index (κ3) is 4.55. The Labute approximate surface area is 109 Å². The molecule has 0 aliphatic carbocycles. The van der Waals surface area contributed by atoms with Gasteiger partial charge in [0.1, 0.15) is 6.04 Å². The molecule has 1 heterocycles. The first-order valence-electron chi connectivity index (χ1n) is 6.82. The van der Waals surface area contributed by atoms with Gasteiger partial charge >= 0.3 is 12.0 Å². The number of hydrogen-bond donors (Lipinski definition) is 2. The molecule has 1 aliphatic rings. The summed E-state index contributed by atoms with van der Waals surface area (Å²) >= 11 is 0. The number of carbonyl (C=O) groups is 2. The van der Waals surface area contributed by atoms with E-state index in [2.05, 4.69) is 12.2 Å². The molecule has 0 aromatic carbocycles. The Morgan fingerprint density at radius 2 is 2.11 bits per heavy atom. The van der Waals surface area contributed by atoms with E-state index in [9.17, 15) is 9.59 Å². The molecule has 1 rings (SSSR count). The minimum atomic E-state index is -0.951. The molecule has 2 amide bonds. The van der Waals surface area contributed by atoms with Crippen LogP contribution in [0.4, 0.5) is 4.79 Å². The highest BCUT2D eigenvalue weighted by molar-refractivity contribution is 5.82. The first-order valence-corrected chi connectivity index (χ1v) is 6.82. The zero-order chi connectivity index (χ0) is 13.5. The molecular weight excluding hydrogens is 232 g/mol. The molecule has 0 saturated carbocycles. The molecule has 0 aromatic rings. The molecule has 1 aliphatic heterocycles. The number of hydrogen-bond acceptors (Lipinski definition) is 2. The molecule has 0 aromatic heterocycles. The number of amides is 2. The van der Waals surface area contributed by atoms with Crippen LogP contribution in [0, 0.1) is 5.92 Å². The highest BCUT2D eigenvalue weighted by Crippen LogP contribution is 2.16. The molecule has 1 saturated heterocycles. The topological polar surface area (TPSA) is 69.6 Å². The molecule has 0 spiro atoms. The Kier molecular flexibility index (Phi) is 5.95. The van der Waals surface area contributed by atoms with Crippen LogP contribution >= 0.6 is 0 Å². The van der Waals surface area contributed by atoms with Crippen LogP contribution in [0.15, 0.2) is 0 Å². The fourth-order valence-corrected chi connectivity index (χ4v) is 2.25. The lowest BCUT2D eigenvalue weighted by Crippen LogP contribution is -2.48. The molecule has 18 heavy (non-hydrogen) atoms. The lowest BCUT2D eigenvalue weighted by molar-refractivity contribution is -0.139. The smallest absolute Gasteiger partial charge is 0.326 e. The summed E-state index contributed by atoms with van der Waals surface area (Å²) in [6.45, 7) is 5.56. The van der Waals surface area contributed by atoms with Crippen molar-refractivity contribution in [3.63, 3.8) is 0 Å². The maximum absolute atomic E-state index is 12.0. The molecule has 1 fully saturated rings. The van der Waals surface area contributed by atoms with Gasteiger partial charge in [-0.15, -0.1) is 0 Å². The predicted octanol–water partition coefficient (Wildman–Crippen LogP) is 2.07. The predicted molar refractivity (Wildman–Crippen MR) is 69.5 cm³/mol. The van der Waals surface area contributed by atoms with E-state index in [0.717, 1.165) is 38.8 Å². The number of likely N-dealkylation sites (tertiary alicyclic amines) is 1. The van der Waals surface area contributed by atoms with Crippen LogP contribution in [-0.4, -0.2) is 41.1 Å². The largest absolute Gasteiger partial charge is 0.480 e. The zero-order valence-corrected chi connectivity index (χ0v) is 11.3. The molecule has 1 unspecified atom stereocenters. The summed E-state index contributed by atoms with van der Waals surface area (Å²) in [4.78, 5) is 24.7. The van der Waals surface area contributed by atoms with E-state index in [1.165, 1.54) is 0 Å². The summed E-state index contributed by atoms with van der Waals surface area (Å²) in [5, 5.41) is 11.6. The fourth-order valence-electron chi connectivity index (χ4n) is 2.25. The van der Waals surface area contributed by atoms with E-state index in [-0.39, 0.29) is 6.03 Å². The van der Waals surface area contributed by atoms with Crippen LogP contribution in [0.1, 0.15) is 46.0 Å². The van der Waals surface area contributed by atoms with Gasteiger partial charge < -0.3 is 15.3 Å². The van der Waals surface area contributed by atoms with Crippen molar-refractivity contribution in [1.82, 2.24) is 10.2 Å². The van der Waals surface area contributed by atoms with E-state index in [1.54, 1.807) is 4.90 Å². The average molecular weight is 256 g/mol. The second-order valence-corrected chi connectivity index (χ2v) is 5.15. The Morgan fingerprint density at radius 1 is 1.39 bits per heavy atom. The van der Waals surface area contributed by atoms with Crippen LogP contribution in [0.5, 0.6) is 0 Å². The number of nitrogens with zero attached hydrogens (tertiary/aromatic N) is 1. The second-order valence-electron chi connectivity index (χ2n) is 5.15.